The van der Waals surface area contributed by atoms with Gasteiger partial charge in [0.15, 0.2) is 0 Å². The third-order valence-corrected chi connectivity index (χ3v) is 6.65. The first-order chi connectivity index (χ1) is 11.5. The molecule has 3 aromatic rings. The molecule has 4 nitrogen and oxygen atoms in total. The van der Waals surface area contributed by atoms with E-state index in [1.807, 2.05) is 61.5 Å². The molecule has 0 aliphatic rings. The van der Waals surface area contributed by atoms with Crippen LogP contribution in [0, 0.1) is 0 Å². The first-order valence-corrected chi connectivity index (χ1v) is 9.86. The first kappa shape index (κ1) is 16.8. The molecular formula is C18H18N2O2S2. The zero-order valence-corrected chi connectivity index (χ0v) is 15.1. The molecule has 3 rings (SSSR count). The molecule has 0 saturated carbocycles. The third kappa shape index (κ3) is 3.56. The number of hydrogen-bond acceptors (Lipinski definition) is 4. The number of fused-ring (bicyclic) bond motifs is 1. The maximum atomic E-state index is 12.5. The van der Waals surface area contributed by atoms with Gasteiger partial charge in [-0.25, -0.2) is 13.4 Å². The van der Waals surface area contributed by atoms with Gasteiger partial charge in [0.1, 0.15) is 5.01 Å². The van der Waals surface area contributed by atoms with Gasteiger partial charge in [-0.1, -0.05) is 42.5 Å². The van der Waals surface area contributed by atoms with Crippen molar-refractivity contribution in [2.45, 2.75) is 13.0 Å². The number of para-hydroxylation sites is 1. The van der Waals surface area contributed by atoms with Gasteiger partial charge in [0, 0.05) is 12.5 Å². The number of aromatic nitrogens is 1. The summed E-state index contributed by atoms with van der Waals surface area (Å²) in [5.74, 6) is 0. The average molecular weight is 358 g/mol. The molecule has 0 saturated heterocycles. The van der Waals surface area contributed by atoms with Crippen LogP contribution in [0.15, 0.2) is 60.0 Å². The van der Waals surface area contributed by atoms with Gasteiger partial charge in [-0.05, 0) is 30.7 Å². The van der Waals surface area contributed by atoms with E-state index in [0.717, 1.165) is 20.8 Å². The molecule has 0 fully saturated rings. The second kappa shape index (κ2) is 6.84. The van der Waals surface area contributed by atoms with Gasteiger partial charge >= 0.3 is 0 Å². The summed E-state index contributed by atoms with van der Waals surface area (Å²) < 4.78 is 27.5. The zero-order chi connectivity index (χ0) is 17.2. The van der Waals surface area contributed by atoms with Crippen LogP contribution in [-0.4, -0.2) is 24.8 Å². The Bertz CT molecular complexity index is 930. The van der Waals surface area contributed by atoms with Crippen LogP contribution < -0.4 is 0 Å². The topological polar surface area (TPSA) is 50.3 Å². The fourth-order valence-electron chi connectivity index (χ4n) is 2.27. The van der Waals surface area contributed by atoms with Crippen LogP contribution in [0.3, 0.4) is 0 Å². The highest BCUT2D eigenvalue weighted by atomic mass is 32.2. The monoisotopic (exact) mass is 358 g/mol. The van der Waals surface area contributed by atoms with Crippen molar-refractivity contribution in [2.24, 2.45) is 0 Å². The molecule has 1 heterocycles. The maximum absolute atomic E-state index is 12.5. The van der Waals surface area contributed by atoms with Crippen LogP contribution in [0.2, 0.25) is 0 Å². The van der Waals surface area contributed by atoms with Crippen molar-refractivity contribution in [3.8, 4) is 0 Å². The zero-order valence-electron chi connectivity index (χ0n) is 13.5. The SMILES string of the molecule is C[C@@H](c1nc2ccccc2s1)N(C)S(=O)(=O)/C=C/c1ccccc1. The molecular weight excluding hydrogens is 340 g/mol. The molecule has 0 bridgehead atoms. The molecule has 6 heteroatoms. The van der Waals surface area contributed by atoms with E-state index in [9.17, 15) is 8.42 Å². The summed E-state index contributed by atoms with van der Waals surface area (Å²) in [5, 5.41) is 2.03. The van der Waals surface area contributed by atoms with E-state index in [4.69, 9.17) is 0 Å². The molecule has 1 atom stereocenters. The summed E-state index contributed by atoms with van der Waals surface area (Å²) in [4.78, 5) is 4.55. The summed E-state index contributed by atoms with van der Waals surface area (Å²) in [7, 11) is -1.94. The van der Waals surface area contributed by atoms with Gasteiger partial charge in [-0.15, -0.1) is 11.3 Å². The van der Waals surface area contributed by atoms with Gasteiger partial charge in [0.25, 0.3) is 0 Å². The number of rotatable bonds is 5. The number of nitrogens with zero attached hydrogens (tertiary/aromatic N) is 2. The number of sulfonamides is 1. The highest BCUT2D eigenvalue weighted by Crippen LogP contribution is 2.30. The van der Waals surface area contributed by atoms with Crippen molar-refractivity contribution in [1.29, 1.82) is 0 Å². The van der Waals surface area contributed by atoms with Crippen molar-refractivity contribution in [3.63, 3.8) is 0 Å². The Labute approximate surface area is 146 Å². The molecule has 24 heavy (non-hydrogen) atoms. The highest BCUT2D eigenvalue weighted by Gasteiger charge is 2.24. The van der Waals surface area contributed by atoms with Crippen LogP contribution in [0.1, 0.15) is 23.5 Å². The predicted octanol–water partition coefficient (Wildman–Crippen LogP) is 4.29. The lowest BCUT2D eigenvalue weighted by atomic mass is 10.2. The van der Waals surface area contributed by atoms with E-state index in [1.54, 1.807) is 13.1 Å². The minimum atomic E-state index is -3.52. The van der Waals surface area contributed by atoms with Crippen LogP contribution in [0.25, 0.3) is 16.3 Å². The molecule has 1 aromatic heterocycles. The molecule has 0 spiro atoms. The third-order valence-electron chi connectivity index (χ3n) is 3.85. The predicted molar refractivity (Wildman–Crippen MR) is 100 cm³/mol. The normalized spacial score (nSPS) is 13.8. The van der Waals surface area contributed by atoms with Crippen molar-refractivity contribution in [1.82, 2.24) is 9.29 Å². The van der Waals surface area contributed by atoms with Gasteiger partial charge in [0.05, 0.1) is 16.3 Å². The fraction of sp³-hybridized carbons (Fsp3) is 0.167. The second-order valence-electron chi connectivity index (χ2n) is 5.47. The Morgan fingerprint density at radius 1 is 1.08 bits per heavy atom. The number of hydrogen-bond donors (Lipinski definition) is 0. The molecule has 124 valence electrons. The lowest BCUT2D eigenvalue weighted by Gasteiger charge is -2.20. The van der Waals surface area contributed by atoms with Gasteiger partial charge in [-0.2, -0.15) is 4.31 Å². The van der Waals surface area contributed by atoms with Crippen molar-refractivity contribution in [2.75, 3.05) is 7.05 Å². The maximum Gasteiger partial charge on any atom is 0.236 e. The summed E-state index contributed by atoms with van der Waals surface area (Å²) >= 11 is 1.52. The smallest absolute Gasteiger partial charge is 0.236 e. The molecule has 0 radical (unpaired) electrons. The molecule has 0 unspecified atom stereocenters. The number of benzene rings is 2. The minimum absolute atomic E-state index is 0.326. The van der Waals surface area contributed by atoms with Crippen LogP contribution in [-0.2, 0) is 10.0 Å². The second-order valence-corrected chi connectivity index (χ2v) is 8.41. The Kier molecular flexibility index (Phi) is 4.80. The Balaban J connectivity index is 1.83. The quantitative estimate of drug-likeness (QED) is 0.684. The van der Waals surface area contributed by atoms with Crippen LogP contribution in [0.5, 0.6) is 0 Å². The van der Waals surface area contributed by atoms with Crippen LogP contribution in [0.4, 0.5) is 0 Å². The summed E-state index contributed by atoms with van der Waals surface area (Å²) in [6, 6.07) is 16.9. The van der Waals surface area contributed by atoms with E-state index in [2.05, 4.69) is 4.98 Å². The molecule has 0 amide bonds. The van der Waals surface area contributed by atoms with E-state index < -0.39 is 10.0 Å². The summed E-state index contributed by atoms with van der Waals surface area (Å²) in [6.07, 6.45) is 1.61. The van der Waals surface area contributed by atoms with Gasteiger partial charge in [-0.3, -0.25) is 0 Å². The Hall–Kier alpha value is -2.02. The molecule has 2 aromatic carbocycles. The highest BCUT2D eigenvalue weighted by molar-refractivity contribution is 7.92. The van der Waals surface area contributed by atoms with Crippen LogP contribution >= 0.6 is 11.3 Å². The Morgan fingerprint density at radius 2 is 1.75 bits per heavy atom. The summed E-state index contributed by atoms with van der Waals surface area (Å²) in [5.41, 5.74) is 1.75. The lowest BCUT2D eigenvalue weighted by molar-refractivity contribution is 0.403. The average Bonchev–Trinajstić information content (AvgIpc) is 3.04. The van der Waals surface area contributed by atoms with E-state index in [1.165, 1.54) is 21.1 Å². The number of thiazole rings is 1. The fourth-order valence-corrected chi connectivity index (χ4v) is 4.46. The molecule has 0 N–H and O–H groups in total. The van der Waals surface area contributed by atoms with Crippen molar-refractivity contribution in [3.05, 3.63) is 70.6 Å². The van der Waals surface area contributed by atoms with E-state index in [0.29, 0.717) is 0 Å². The standard InChI is InChI=1S/C18H18N2O2S2/c1-14(18-19-16-10-6-7-11-17(16)23-18)20(2)24(21,22)13-12-15-8-4-3-5-9-15/h3-14H,1-2H3/b13-12+/t14-/m0/s1. The van der Waals surface area contributed by atoms with Gasteiger partial charge < -0.3 is 0 Å². The van der Waals surface area contributed by atoms with E-state index >= 15 is 0 Å². The summed E-state index contributed by atoms with van der Waals surface area (Å²) in [6.45, 7) is 1.85. The minimum Gasteiger partial charge on any atom is -0.239 e. The molecule has 0 aliphatic carbocycles. The molecule has 0 aliphatic heterocycles. The van der Waals surface area contributed by atoms with Gasteiger partial charge in [0.2, 0.25) is 10.0 Å². The van der Waals surface area contributed by atoms with Crippen molar-refractivity contribution >= 4 is 37.7 Å². The Morgan fingerprint density at radius 3 is 2.46 bits per heavy atom. The van der Waals surface area contributed by atoms with Crippen molar-refractivity contribution < 1.29 is 8.42 Å². The van der Waals surface area contributed by atoms with E-state index in [-0.39, 0.29) is 6.04 Å². The lowest BCUT2D eigenvalue weighted by Crippen LogP contribution is -2.27. The first-order valence-electron chi connectivity index (χ1n) is 7.54. The largest absolute Gasteiger partial charge is 0.239 e.